The lowest BCUT2D eigenvalue weighted by Crippen LogP contribution is -2.13. The van der Waals surface area contributed by atoms with E-state index in [-0.39, 0.29) is 11.5 Å². The van der Waals surface area contributed by atoms with Gasteiger partial charge in [0.2, 0.25) is 0 Å². The molecule has 0 unspecified atom stereocenters. The largest absolute Gasteiger partial charge is 0.497 e. The summed E-state index contributed by atoms with van der Waals surface area (Å²) in [5.74, 6) is 3.22. The van der Waals surface area contributed by atoms with Crippen LogP contribution in [0.1, 0.15) is 42.5 Å². The molecule has 3 rings (SSSR count). The fourth-order valence-corrected chi connectivity index (χ4v) is 4.14. The van der Waals surface area contributed by atoms with Crippen LogP contribution in [0.15, 0.2) is 47.6 Å². The number of methoxy groups -OCH3 is 2. The molecule has 2 aromatic carbocycles. The number of ether oxygens (including phenoxy) is 3. The zero-order valence-electron chi connectivity index (χ0n) is 19.8. The molecule has 8 heteroatoms. The summed E-state index contributed by atoms with van der Waals surface area (Å²) in [6, 6.07) is 13.3. The van der Waals surface area contributed by atoms with Crippen LogP contribution in [-0.4, -0.2) is 40.5 Å². The van der Waals surface area contributed by atoms with Gasteiger partial charge in [0, 0.05) is 12.6 Å². The summed E-state index contributed by atoms with van der Waals surface area (Å²) in [7, 11) is 3.12. The van der Waals surface area contributed by atoms with Crippen LogP contribution >= 0.6 is 11.8 Å². The van der Waals surface area contributed by atoms with Crippen LogP contribution < -0.4 is 14.2 Å². The molecule has 0 saturated heterocycles. The van der Waals surface area contributed by atoms with E-state index < -0.39 is 0 Å². The van der Waals surface area contributed by atoms with Gasteiger partial charge in [0.1, 0.15) is 23.9 Å². The highest BCUT2D eigenvalue weighted by atomic mass is 32.2. The van der Waals surface area contributed by atoms with E-state index in [1.807, 2.05) is 16.7 Å². The minimum absolute atomic E-state index is 0.0487. The van der Waals surface area contributed by atoms with E-state index in [2.05, 4.69) is 43.1 Å². The summed E-state index contributed by atoms with van der Waals surface area (Å²) in [6.45, 7) is 7.44. The molecular weight excluding hydrogens is 438 g/mol. The van der Waals surface area contributed by atoms with Gasteiger partial charge < -0.3 is 18.8 Å². The normalized spacial score (nSPS) is 11.0. The Morgan fingerprint density at radius 3 is 2.39 bits per heavy atom. The molecule has 1 heterocycles. The van der Waals surface area contributed by atoms with Crippen molar-refractivity contribution in [3.05, 3.63) is 59.4 Å². The highest BCUT2D eigenvalue weighted by Gasteiger charge is 2.18. The van der Waals surface area contributed by atoms with E-state index in [1.54, 1.807) is 32.4 Å². The van der Waals surface area contributed by atoms with Crippen LogP contribution in [0.3, 0.4) is 0 Å². The number of benzene rings is 2. The Bertz CT molecular complexity index is 1060. The lowest BCUT2D eigenvalue weighted by Gasteiger charge is -2.13. The van der Waals surface area contributed by atoms with Gasteiger partial charge in [-0.1, -0.05) is 44.7 Å². The number of carbonyl (C=O) groups excluding carboxylic acids is 1. The lowest BCUT2D eigenvalue weighted by molar-refractivity contribution is 0.101. The number of carbonyl (C=O) groups is 1. The van der Waals surface area contributed by atoms with Crippen LogP contribution in [0.2, 0.25) is 0 Å². The van der Waals surface area contributed by atoms with Gasteiger partial charge in [-0.05, 0) is 42.2 Å². The van der Waals surface area contributed by atoms with Gasteiger partial charge in [0.25, 0.3) is 0 Å². The highest BCUT2D eigenvalue weighted by molar-refractivity contribution is 7.99. The number of aryl methyl sites for hydroxylation is 1. The van der Waals surface area contributed by atoms with Gasteiger partial charge in [0.05, 0.1) is 25.5 Å². The molecule has 0 aliphatic rings. The second-order valence-electron chi connectivity index (χ2n) is 7.97. The number of hydrogen-bond donors (Lipinski definition) is 0. The molecule has 0 spiro atoms. The Balaban J connectivity index is 1.71. The van der Waals surface area contributed by atoms with E-state index in [0.717, 1.165) is 24.5 Å². The zero-order chi connectivity index (χ0) is 23.8. The number of ketones is 1. The summed E-state index contributed by atoms with van der Waals surface area (Å²) in [5, 5.41) is 9.38. The van der Waals surface area contributed by atoms with Gasteiger partial charge in [0.15, 0.2) is 16.8 Å². The Kier molecular flexibility index (Phi) is 8.77. The third-order valence-corrected chi connectivity index (χ3v) is 6.05. The minimum Gasteiger partial charge on any atom is -0.497 e. The van der Waals surface area contributed by atoms with Crippen LogP contribution in [0, 0.1) is 5.92 Å². The van der Waals surface area contributed by atoms with Gasteiger partial charge in [-0.25, -0.2) is 0 Å². The van der Waals surface area contributed by atoms with E-state index in [1.165, 1.54) is 17.3 Å². The van der Waals surface area contributed by atoms with Gasteiger partial charge >= 0.3 is 0 Å². The molecule has 176 valence electrons. The Morgan fingerprint density at radius 1 is 1.03 bits per heavy atom. The number of thioether (sulfide) groups is 1. The van der Waals surface area contributed by atoms with Crippen molar-refractivity contribution in [1.82, 2.24) is 14.8 Å². The fourth-order valence-electron chi connectivity index (χ4n) is 3.29. The number of hydrogen-bond acceptors (Lipinski definition) is 7. The first kappa shape index (κ1) is 24.6. The molecule has 0 radical (unpaired) electrons. The maximum Gasteiger partial charge on any atom is 0.191 e. The average molecular weight is 470 g/mol. The second kappa shape index (κ2) is 11.7. The lowest BCUT2D eigenvalue weighted by atomic mass is 10.1. The summed E-state index contributed by atoms with van der Waals surface area (Å²) in [4.78, 5) is 12.9. The van der Waals surface area contributed by atoms with Gasteiger partial charge in [-0.15, -0.1) is 10.2 Å². The Labute approximate surface area is 199 Å². The predicted octanol–water partition coefficient (Wildman–Crippen LogP) is 5.07. The molecule has 0 bridgehead atoms. The quantitative estimate of drug-likeness (QED) is 0.271. The first-order valence-corrected chi connectivity index (χ1v) is 12.0. The van der Waals surface area contributed by atoms with Crippen LogP contribution in [-0.2, 0) is 19.6 Å². The molecule has 1 aromatic heterocycles. The van der Waals surface area contributed by atoms with Crippen molar-refractivity contribution >= 4 is 17.5 Å². The van der Waals surface area contributed by atoms with Crippen LogP contribution in [0.5, 0.6) is 17.2 Å². The number of nitrogens with zero attached hydrogens (tertiary/aromatic N) is 3. The molecular formula is C25H31N3O4S. The van der Waals surface area contributed by atoms with Crippen molar-refractivity contribution in [2.75, 3.05) is 20.0 Å². The van der Waals surface area contributed by atoms with E-state index in [0.29, 0.717) is 34.7 Å². The zero-order valence-corrected chi connectivity index (χ0v) is 20.6. The monoisotopic (exact) mass is 469 g/mol. The minimum atomic E-state index is -0.0487. The molecule has 0 aliphatic carbocycles. The number of Topliss-reactive ketones (excluding diaryl/α,β-unsaturated/α-hetero) is 1. The molecule has 7 nitrogen and oxygen atoms in total. The van der Waals surface area contributed by atoms with Gasteiger partial charge in [-0.3, -0.25) is 4.79 Å². The van der Waals surface area contributed by atoms with Crippen molar-refractivity contribution in [3.8, 4) is 17.2 Å². The topological polar surface area (TPSA) is 75.5 Å². The molecule has 0 N–H and O–H groups in total. The third kappa shape index (κ3) is 6.51. The summed E-state index contributed by atoms with van der Waals surface area (Å²) >= 11 is 1.37. The molecule has 33 heavy (non-hydrogen) atoms. The number of aromatic nitrogens is 3. The third-order valence-electron chi connectivity index (χ3n) is 5.08. The predicted molar refractivity (Wildman–Crippen MR) is 130 cm³/mol. The summed E-state index contributed by atoms with van der Waals surface area (Å²) in [6.07, 6.45) is 0.991. The fraction of sp³-hybridized carbons (Fsp3) is 0.400. The maximum absolute atomic E-state index is 12.9. The van der Waals surface area contributed by atoms with E-state index >= 15 is 0 Å². The van der Waals surface area contributed by atoms with Crippen molar-refractivity contribution < 1.29 is 19.0 Å². The van der Waals surface area contributed by atoms with Crippen LogP contribution in [0.25, 0.3) is 0 Å². The van der Waals surface area contributed by atoms with E-state index in [4.69, 9.17) is 14.2 Å². The Morgan fingerprint density at radius 2 is 1.76 bits per heavy atom. The van der Waals surface area contributed by atoms with Crippen molar-refractivity contribution in [1.29, 1.82) is 0 Å². The maximum atomic E-state index is 12.9. The highest BCUT2D eigenvalue weighted by Crippen LogP contribution is 2.27. The molecule has 0 saturated carbocycles. The van der Waals surface area contributed by atoms with Crippen molar-refractivity contribution in [2.24, 2.45) is 5.92 Å². The van der Waals surface area contributed by atoms with Crippen molar-refractivity contribution in [3.63, 3.8) is 0 Å². The standard InChI is InChI=1S/C25H31N3O4S/c1-6-18-7-9-19(10-8-18)32-15-24-26-27-25(28(24)14-17(2)3)33-16-22(29)21-12-11-20(30-4)13-23(21)31-5/h7-13,17H,6,14-16H2,1-5H3. The molecule has 0 fully saturated rings. The molecule has 0 atom stereocenters. The first-order valence-electron chi connectivity index (χ1n) is 11.0. The smallest absolute Gasteiger partial charge is 0.191 e. The number of rotatable bonds is 12. The molecule has 0 amide bonds. The Hall–Kier alpha value is -3.00. The molecule has 0 aliphatic heterocycles. The van der Waals surface area contributed by atoms with Gasteiger partial charge in [-0.2, -0.15) is 0 Å². The first-order chi connectivity index (χ1) is 15.9. The summed E-state index contributed by atoms with van der Waals surface area (Å²) < 4.78 is 18.6. The van der Waals surface area contributed by atoms with Crippen LogP contribution in [0.4, 0.5) is 0 Å². The SMILES string of the molecule is CCc1ccc(OCc2nnc(SCC(=O)c3ccc(OC)cc3OC)n2CC(C)C)cc1. The molecule has 3 aromatic rings. The summed E-state index contributed by atoms with van der Waals surface area (Å²) in [5.41, 5.74) is 1.78. The average Bonchev–Trinajstić information content (AvgIpc) is 3.21. The second-order valence-corrected chi connectivity index (χ2v) is 8.91. The van der Waals surface area contributed by atoms with Crippen molar-refractivity contribution in [2.45, 2.75) is 45.5 Å². The van der Waals surface area contributed by atoms with E-state index in [9.17, 15) is 4.79 Å².